The Kier molecular flexibility index (Phi) is 6.43. The van der Waals surface area contributed by atoms with Gasteiger partial charge in [-0.3, -0.25) is 4.79 Å². The maximum atomic E-state index is 13.1. The molecule has 0 aliphatic carbocycles. The third-order valence-corrected chi connectivity index (χ3v) is 6.65. The van der Waals surface area contributed by atoms with Gasteiger partial charge in [0.2, 0.25) is 0 Å². The van der Waals surface area contributed by atoms with Crippen LogP contribution in [0.2, 0.25) is 0 Å². The fourth-order valence-electron chi connectivity index (χ4n) is 3.78. The molecule has 2 aromatic heterocycles. The zero-order valence-corrected chi connectivity index (χ0v) is 19.0. The van der Waals surface area contributed by atoms with Gasteiger partial charge in [0.1, 0.15) is 0 Å². The molecule has 1 fully saturated rings. The van der Waals surface area contributed by atoms with E-state index in [1.54, 1.807) is 41.3 Å². The van der Waals surface area contributed by atoms with Gasteiger partial charge in [0.25, 0.3) is 5.91 Å². The zero-order valence-electron chi connectivity index (χ0n) is 18.2. The van der Waals surface area contributed by atoms with Crippen molar-refractivity contribution in [3.8, 4) is 0 Å². The first-order chi connectivity index (χ1) is 15.4. The van der Waals surface area contributed by atoms with Gasteiger partial charge < -0.3 is 15.4 Å². The quantitative estimate of drug-likeness (QED) is 0.560. The van der Waals surface area contributed by atoms with E-state index in [1.165, 1.54) is 6.26 Å². The number of nitrogens with zero attached hydrogens (tertiary/aromatic N) is 3. The zero-order chi connectivity index (χ0) is 22.7. The molecule has 1 aliphatic heterocycles. The number of amides is 1. The molecule has 9 nitrogen and oxygen atoms in total. The topological polar surface area (TPSA) is 115 Å². The second kappa shape index (κ2) is 9.25. The molecule has 32 heavy (non-hydrogen) atoms. The van der Waals surface area contributed by atoms with E-state index in [-0.39, 0.29) is 23.4 Å². The Hall–Kier alpha value is -2.98. The summed E-state index contributed by atoms with van der Waals surface area (Å²) in [6.07, 6.45) is 6.40. The van der Waals surface area contributed by atoms with Gasteiger partial charge in [-0.15, -0.1) is 0 Å². The minimum absolute atomic E-state index is 0.106. The van der Waals surface area contributed by atoms with Crippen molar-refractivity contribution in [1.29, 1.82) is 0 Å². The van der Waals surface area contributed by atoms with Crippen LogP contribution in [0.1, 0.15) is 35.7 Å². The SMILES string of the molecule is CCn1ncc2c(NC3CCCOC3)c(C(=O)NCc3ccc(S(C)(=O)=O)cc3)cnc21. The van der Waals surface area contributed by atoms with Gasteiger partial charge in [0.05, 0.1) is 34.3 Å². The number of carbonyl (C=O) groups is 1. The molecule has 0 radical (unpaired) electrons. The summed E-state index contributed by atoms with van der Waals surface area (Å²) in [6.45, 7) is 4.27. The molecule has 170 valence electrons. The lowest BCUT2D eigenvalue weighted by atomic mass is 10.1. The third kappa shape index (κ3) is 4.76. The van der Waals surface area contributed by atoms with Crippen molar-refractivity contribution < 1.29 is 17.9 Å². The predicted octanol–water partition coefficient (Wildman–Crippen LogP) is 2.38. The highest BCUT2D eigenvalue weighted by molar-refractivity contribution is 7.90. The van der Waals surface area contributed by atoms with Crippen molar-refractivity contribution in [2.75, 3.05) is 24.8 Å². The van der Waals surface area contributed by atoms with Crippen molar-refractivity contribution in [3.63, 3.8) is 0 Å². The maximum absolute atomic E-state index is 13.1. The summed E-state index contributed by atoms with van der Waals surface area (Å²) in [4.78, 5) is 17.8. The minimum Gasteiger partial charge on any atom is -0.379 e. The van der Waals surface area contributed by atoms with E-state index >= 15 is 0 Å². The van der Waals surface area contributed by atoms with Crippen LogP contribution in [0.25, 0.3) is 11.0 Å². The summed E-state index contributed by atoms with van der Waals surface area (Å²) < 4.78 is 30.6. The van der Waals surface area contributed by atoms with Crippen LogP contribution in [0.5, 0.6) is 0 Å². The second-order valence-electron chi connectivity index (χ2n) is 7.90. The molecule has 4 rings (SSSR count). The highest BCUT2D eigenvalue weighted by atomic mass is 32.2. The van der Waals surface area contributed by atoms with Gasteiger partial charge in [0.15, 0.2) is 15.5 Å². The lowest BCUT2D eigenvalue weighted by Gasteiger charge is -2.25. The summed E-state index contributed by atoms with van der Waals surface area (Å²) >= 11 is 0. The monoisotopic (exact) mass is 457 g/mol. The number of fused-ring (bicyclic) bond motifs is 1. The Morgan fingerprint density at radius 2 is 2.03 bits per heavy atom. The van der Waals surface area contributed by atoms with E-state index < -0.39 is 9.84 Å². The fraction of sp³-hybridized carbons (Fsp3) is 0.409. The Labute approximate surface area is 187 Å². The number of hydrogen-bond donors (Lipinski definition) is 2. The molecule has 1 aromatic carbocycles. The van der Waals surface area contributed by atoms with Crippen molar-refractivity contribution >= 4 is 32.5 Å². The first-order valence-corrected chi connectivity index (χ1v) is 12.5. The van der Waals surface area contributed by atoms with Crippen molar-refractivity contribution in [2.24, 2.45) is 0 Å². The number of rotatable bonds is 7. The number of benzene rings is 1. The highest BCUT2D eigenvalue weighted by Gasteiger charge is 2.22. The van der Waals surface area contributed by atoms with Gasteiger partial charge in [0, 0.05) is 38.2 Å². The van der Waals surface area contributed by atoms with Gasteiger partial charge in [-0.05, 0) is 37.5 Å². The third-order valence-electron chi connectivity index (χ3n) is 5.52. The van der Waals surface area contributed by atoms with Crippen LogP contribution in [0.15, 0.2) is 41.6 Å². The van der Waals surface area contributed by atoms with Gasteiger partial charge in [-0.25, -0.2) is 18.1 Å². The number of ether oxygens (including phenoxy) is 1. The molecule has 0 spiro atoms. The molecule has 3 aromatic rings. The summed E-state index contributed by atoms with van der Waals surface area (Å²) in [5.74, 6) is -0.268. The molecule has 3 heterocycles. The molecule has 1 atom stereocenters. The number of hydrogen-bond acceptors (Lipinski definition) is 7. The number of aryl methyl sites for hydroxylation is 1. The summed E-state index contributed by atoms with van der Waals surface area (Å²) in [6, 6.07) is 6.58. The van der Waals surface area contributed by atoms with Crippen LogP contribution in [0.3, 0.4) is 0 Å². The largest absolute Gasteiger partial charge is 0.379 e. The smallest absolute Gasteiger partial charge is 0.255 e. The molecule has 1 amide bonds. The van der Waals surface area contributed by atoms with E-state index in [9.17, 15) is 13.2 Å². The molecular weight excluding hydrogens is 430 g/mol. The molecule has 2 N–H and O–H groups in total. The van der Waals surface area contributed by atoms with Crippen molar-refractivity contribution in [1.82, 2.24) is 20.1 Å². The number of carbonyl (C=O) groups excluding carboxylic acids is 1. The number of nitrogens with one attached hydrogen (secondary N) is 2. The number of aromatic nitrogens is 3. The van der Waals surface area contributed by atoms with E-state index in [1.807, 2.05) is 6.92 Å². The van der Waals surface area contributed by atoms with Gasteiger partial charge in [-0.1, -0.05) is 12.1 Å². The van der Waals surface area contributed by atoms with Gasteiger partial charge in [-0.2, -0.15) is 5.10 Å². The number of anilines is 1. The molecule has 1 unspecified atom stereocenters. The summed E-state index contributed by atoms with van der Waals surface area (Å²) in [5.41, 5.74) is 2.66. The Morgan fingerprint density at radius 1 is 1.25 bits per heavy atom. The molecule has 10 heteroatoms. The average Bonchev–Trinajstić information content (AvgIpc) is 3.22. The Morgan fingerprint density at radius 3 is 2.69 bits per heavy atom. The van der Waals surface area contributed by atoms with E-state index in [0.29, 0.717) is 24.4 Å². The van der Waals surface area contributed by atoms with Crippen LogP contribution in [-0.4, -0.2) is 54.6 Å². The first-order valence-electron chi connectivity index (χ1n) is 10.6. The fourth-order valence-corrected chi connectivity index (χ4v) is 4.41. The van der Waals surface area contributed by atoms with Gasteiger partial charge >= 0.3 is 0 Å². The normalized spacial score (nSPS) is 16.8. The summed E-state index contributed by atoms with van der Waals surface area (Å²) in [7, 11) is -3.26. The highest BCUT2D eigenvalue weighted by Crippen LogP contribution is 2.28. The van der Waals surface area contributed by atoms with Crippen LogP contribution in [0.4, 0.5) is 5.69 Å². The maximum Gasteiger partial charge on any atom is 0.255 e. The van der Waals surface area contributed by atoms with Crippen LogP contribution in [0, 0.1) is 0 Å². The predicted molar refractivity (Wildman–Crippen MR) is 121 cm³/mol. The van der Waals surface area contributed by atoms with E-state index in [4.69, 9.17) is 4.74 Å². The second-order valence-corrected chi connectivity index (χ2v) is 9.92. The average molecular weight is 458 g/mol. The Bertz CT molecular complexity index is 1220. The lowest BCUT2D eigenvalue weighted by Crippen LogP contribution is -2.32. The minimum atomic E-state index is -3.26. The van der Waals surface area contributed by atoms with Crippen LogP contribution < -0.4 is 10.6 Å². The van der Waals surface area contributed by atoms with Crippen LogP contribution in [-0.2, 0) is 27.7 Å². The standard InChI is InChI=1S/C22H27N5O4S/c1-3-27-21-18(13-25-27)20(26-16-5-4-10-31-14-16)19(12-23-21)22(28)24-11-15-6-8-17(9-7-15)32(2,29)30/h6-9,12-13,16H,3-5,10-11,14H2,1-2H3,(H,23,26)(H,24,28). The molecule has 0 bridgehead atoms. The Balaban J connectivity index is 1.57. The number of sulfone groups is 1. The molecule has 1 aliphatic rings. The molecule has 1 saturated heterocycles. The van der Waals surface area contributed by atoms with E-state index in [0.717, 1.165) is 36.0 Å². The van der Waals surface area contributed by atoms with Crippen molar-refractivity contribution in [2.45, 2.75) is 43.8 Å². The molecule has 0 saturated carbocycles. The van der Waals surface area contributed by atoms with E-state index in [2.05, 4.69) is 20.7 Å². The van der Waals surface area contributed by atoms with Crippen LogP contribution >= 0.6 is 0 Å². The lowest BCUT2D eigenvalue weighted by molar-refractivity contribution is 0.0874. The van der Waals surface area contributed by atoms with Crippen molar-refractivity contribution in [3.05, 3.63) is 47.8 Å². The number of pyridine rings is 1. The summed E-state index contributed by atoms with van der Waals surface area (Å²) in [5, 5.41) is 11.6. The molecular formula is C22H27N5O4S. The first kappa shape index (κ1) is 22.2.